The first kappa shape index (κ1) is 60.5. The minimum atomic E-state index is -0.405. The van der Waals surface area contributed by atoms with Gasteiger partial charge in [0.15, 0.2) is 0 Å². The number of likely N-dealkylation sites (tertiary alicyclic amines) is 1. The molecule has 1 aromatic heterocycles. The van der Waals surface area contributed by atoms with E-state index in [-0.39, 0.29) is 71.3 Å². The number of carbonyl (C=O) groups excluding carboxylic acids is 1. The maximum absolute atomic E-state index is 11.2. The fourth-order valence-corrected chi connectivity index (χ4v) is 6.07. The second-order valence-corrected chi connectivity index (χ2v) is 14.5. The average molecular weight is 976 g/mol. The number of piperidine rings is 1. The monoisotopic (exact) mass is 975 g/mol. The van der Waals surface area contributed by atoms with Gasteiger partial charge in [0.05, 0.1) is 6.61 Å². The number of H-pyrrole nitrogens is 1. The van der Waals surface area contributed by atoms with E-state index in [9.17, 15) is 4.79 Å². The van der Waals surface area contributed by atoms with E-state index in [1.165, 1.54) is 52.8 Å². The fraction of sp³-hybridized carbons (Fsp3) is 0.574. The molecule has 0 saturated carbocycles. The summed E-state index contributed by atoms with van der Waals surface area (Å²) in [7, 11) is 5.93. The van der Waals surface area contributed by atoms with Crippen molar-refractivity contribution < 1.29 is 79.7 Å². The van der Waals surface area contributed by atoms with Gasteiger partial charge in [-0.05, 0) is 125 Å². The minimum Gasteiger partial charge on any atom is -0.493 e. The van der Waals surface area contributed by atoms with Crippen molar-refractivity contribution >= 4 is 54.7 Å². The van der Waals surface area contributed by atoms with Gasteiger partial charge in [0.1, 0.15) is 17.1 Å². The summed E-state index contributed by atoms with van der Waals surface area (Å²) < 4.78 is 12.5. The molecule has 1 aliphatic carbocycles. The normalized spacial score (nSPS) is 13.8. The molecule has 57 heavy (non-hydrogen) atoms. The van der Waals surface area contributed by atoms with Crippen LogP contribution in [0.1, 0.15) is 127 Å². The molecule has 1 unspecified atom stereocenters. The Morgan fingerprint density at radius 3 is 2.16 bits per heavy atom. The van der Waals surface area contributed by atoms with Gasteiger partial charge < -0.3 is 24.7 Å². The van der Waals surface area contributed by atoms with Crippen LogP contribution in [0, 0.1) is 5.92 Å². The van der Waals surface area contributed by atoms with Crippen LogP contribution in [-0.4, -0.2) is 65.9 Å². The number of fused-ring (bicyclic) bond motifs is 2. The zero-order valence-corrected chi connectivity index (χ0v) is 45.3. The Morgan fingerprint density at radius 2 is 1.58 bits per heavy atom. The number of amides is 1. The largest absolute Gasteiger partial charge is 0.493 e. The van der Waals surface area contributed by atoms with Crippen LogP contribution in [0.5, 0.6) is 11.5 Å². The van der Waals surface area contributed by atoms with Gasteiger partial charge >= 0.3 is 0 Å². The van der Waals surface area contributed by atoms with Crippen LogP contribution in [-0.2, 0) is 76.6 Å². The number of unbranched alkanes of at least 4 members (excludes halogenated alkanes) is 1. The van der Waals surface area contributed by atoms with E-state index in [1.807, 2.05) is 60.7 Å². The summed E-state index contributed by atoms with van der Waals surface area (Å²) in [6.45, 7) is 25.7. The molecule has 10 heteroatoms. The number of nitrogens with zero attached hydrogens (tertiary/aromatic N) is 1. The zero-order valence-electron chi connectivity index (χ0n) is 37.8. The molecule has 1 atom stereocenters. The van der Waals surface area contributed by atoms with Crippen molar-refractivity contribution in [1.29, 1.82) is 0 Å². The Labute approximate surface area is 406 Å². The maximum Gasteiger partial charge on any atom is 0.216 e. The molecular formula is C47H77ClN3O3PY2. The number of benzene rings is 2. The van der Waals surface area contributed by atoms with Crippen LogP contribution in [0.15, 0.2) is 54.7 Å². The third-order valence-corrected chi connectivity index (χ3v) is 9.60. The maximum atomic E-state index is 11.2. The van der Waals surface area contributed by atoms with E-state index < -0.39 is 5.60 Å². The molecule has 6 nitrogen and oxygen atoms in total. The molecule has 5 rings (SSSR count). The minimum absolute atomic E-state index is 0. The van der Waals surface area contributed by atoms with Crippen molar-refractivity contribution in [1.82, 2.24) is 15.2 Å². The SMILES string of the molecule is CC.CC.CC.CCCC=CCC(C)(Oc1ccc(CCNC(C)=O)c2c1=CCCC=2)C(C)=P.CCCl.CN1CCC(COc2ccc3[nH]ccc3c2)CC1.[Y].[Y]. The van der Waals surface area contributed by atoms with E-state index in [0.29, 0.717) is 12.5 Å². The summed E-state index contributed by atoms with van der Waals surface area (Å²) in [4.78, 5) is 16.8. The predicted octanol–water partition coefficient (Wildman–Crippen LogP) is 11.1. The van der Waals surface area contributed by atoms with Gasteiger partial charge in [0.25, 0.3) is 0 Å². The van der Waals surface area contributed by atoms with Crippen molar-refractivity contribution in [2.75, 3.05) is 39.2 Å². The summed E-state index contributed by atoms with van der Waals surface area (Å²) in [5, 5.41) is 7.63. The second-order valence-electron chi connectivity index (χ2n) is 13.2. The van der Waals surface area contributed by atoms with Gasteiger partial charge in [0.2, 0.25) is 5.91 Å². The van der Waals surface area contributed by atoms with E-state index in [4.69, 9.17) is 21.1 Å². The Hall–Kier alpha value is -0.842. The molecule has 3 aromatic rings. The number of nitrogens with one attached hydrogen (secondary N) is 2. The molecule has 1 saturated heterocycles. The standard InChI is InChI=1S/C24H34NO2P.C15H20N2O.C2H5Cl.3C2H6.2Y/c1-5-6-7-10-16-24(4,18(2)28)27-23-14-13-20(15-17-25-19(3)26)21-11-8-9-12-22(21)23;1-17-8-5-12(6-9-17)11-18-14-2-3-15-13(10-14)4-7-16-15;1-2-3;3*1-2;;/h7,10-14,28H,5-6,8-9,15-17H2,1-4H3,(H,25,26);2-4,7,10,12,16H,5-6,8-9,11H2,1H3;2H2,1H3;3*1-2H3;;. The number of carbonyl (C=O) groups is 1. The van der Waals surface area contributed by atoms with Gasteiger partial charge in [-0.2, -0.15) is 0 Å². The Morgan fingerprint density at radius 1 is 0.965 bits per heavy atom. The summed E-state index contributed by atoms with van der Waals surface area (Å²) in [5.41, 5.74) is 2.02. The van der Waals surface area contributed by atoms with Crippen molar-refractivity contribution in [2.45, 2.75) is 133 Å². The molecule has 1 fully saturated rings. The first-order valence-electron chi connectivity index (χ1n) is 21.0. The van der Waals surface area contributed by atoms with Crippen LogP contribution >= 0.6 is 20.5 Å². The van der Waals surface area contributed by atoms with E-state index in [1.54, 1.807) is 6.92 Å². The third-order valence-electron chi connectivity index (χ3n) is 9.08. The number of ether oxygens (including phenoxy) is 2. The first-order valence-corrected chi connectivity index (χ1v) is 22.0. The molecule has 2 heterocycles. The van der Waals surface area contributed by atoms with Gasteiger partial charge in [-0.25, -0.2) is 0 Å². The molecular weight excluding hydrogens is 899 g/mol. The van der Waals surface area contributed by atoms with E-state index in [0.717, 1.165) is 67.8 Å². The second kappa shape index (κ2) is 37.0. The van der Waals surface area contributed by atoms with Crippen LogP contribution < -0.4 is 25.2 Å². The number of hydrogen-bond acceptors (Lipinski definition) is 4. The predicted molar refractivity (Wildman–Crippen MR) is 247 cm³/mol. The molecule has 1 amide bonds. The summed E-state index contributed by atoms with van der Waals surface area (Å²) in [6.07, 6.45) is 19.5. The molecule has 2 radical (unpaired) electrons. The average Bonchev–Trinajstić information content (AvgIpc) is 3.68. The van der Waals surface area contributed by atoms with Crippen molar-refractivity contribution in [3.8, 4) is 11.5 Å². The fourth-order valence-electron chi connectivity index (χ4n) is 5.92. The number of aromatic nitrogens is 1. The summed E-state index contributed by atoms with van der Waals surface area (Å²) >= 11 is 5.00. The third kappa shape index (κ3) is 23.7. The first-order chi connectivity index (χ1) is 26.6. The van der Waals surface area contributed by atoms with Crippen LogP contribution in [0.25, 0.3) is 23.1 Å². The Balaban J connectivity index is -0.000000866. The van der Waals surface area contributed by atoms with Crippen molar-refractivity contribution in [3.05, 3.63) is 70.7 Å². The Kier molecular flexibility index (Phi) is 39.2. The van der Waals surface area contributed by atoms with E-state index >= 15 is 0 Å². The molecule has 0 spiro atoms. The van der Waals surface area contributed by atoms with Crippen LogP contribution in [0.4, 0.5) is 0 Å². The van der Waals surface area contributed by atoms with Crippen LogP contribution in [0.3, 0.4) is 0 Å². The molecule has 0 bridgehead atoms. The number of halogens is 1. The quantitative estimate of drug-likeness (QED) is 0.102. The number of allylic oxidation sites excluding steroid dienone is 1. The van der Waals surface area contributed by atoms with Crippen LogP contribution in [0.2, 0.25) is 0 Å². The van der Waals surface area contributed by atoms with Gasteiger partial charge in [-0.3, -0.25) is 4.79 Å². The zero-order chi connectivity index (χ0) is 41.6. The van der Waals surface area contributed by atoms with Gasteiger partial charge in [-0.15, -0.1) is 20.5 Å². The number of aromatic amines is 1. The number of hydrogen-bond donors (Lipinski definition) is 2. The topological polar surface area (TPSA) is 66.6 Å². The van der Waals surface area contributed by atoms with E-state index in [2.05, 4.69) is 107 Å². The van der Waals surface area contributed by atoms with Gasteiger partial charge in [-0.1, -0.05) is 92.2 Å². The molecule has 1 aliphatic heterocycles. The molecule has 2 aromatic carbocycles. The molecule has 2 aliphatic rings. The van der Waals surface area contributed by atoms with Crippen molar-refractivity contribution in [3.63, 3.8) is 0 Å². The van der Waals surface area contributed by atoms with Gasteiger partial charge in [0, 0.05) is 114 Å². The smallest absolute Gasteiger partial charge is 0.216 e. The molecule has 2 N–H and O–H groups in total. The summed E-state index contributed by atoms with van der Waals surface area (Å²) in [5.74, 6) is 3.36. The molecule has 316 valence electrons. The number of rotatable bonds is 13. The summed E-state index contributed by atoms with van der Waals surface area (Å²) in [6, 6.07) is 12.5. The van der Waals surface area contributed by atoms with Crippen molar-refractivity contribution in [2.24, 2.45) is 5.92 Å². The number of alkyl halides is 1. The Bertz CT molecular complexity index is 1640.